The fourth-order valence-corrected chi connectivity index (χ4v) is 1.63. The van der Waals surface area contributed by atoms with Gasteiger partial charge in [-0.15, -0.1) is 0 Å². The van der Waals surface area contributed by atoms with Crippen LogP contribution in [0.3, 0.4) is 0 Å². The Morgan fingerprint density at radius 3 is 2.50 bits per heavy atom. The van der Waals surface area contributed by atoms with Crippen molar-refractivity contribution in [2.24, 2.45) is 5.73 Å². The molecule has 9 heteroatoms. The molecule has 9 nitrogen and oxygen atoms in total. The number of hydrogen-bond acceptors (Lipinski definition) is 6. The summed E-state index contributed by atoms with van der Waals surface area (Å²) in [5.41, 5.74) is 5.56. The van der Waals surface area contributed by atoms with Crippen molar-refractivity contribution in [3.63, 3.8) is 0 Å². The lowest BCUT2D eigenvalue weighted by Gasteiger charge is -2.15. The second-order valence-corrected chi connectivity index (χ2v) is 4.46. The summed E-state index contributed by atoms with van der Waals surface area (Å²) in [6, 6.07) is -1.90. The first-order chi connectivity index (χ1) is 9.40. The molecule has 0 aliphatic carbocycles. The van der Waals surface area contributed by atoms with Gasteiger partial charge in [-0.3, -0.25) is 24.5 Å². The summed E-state index contributed by atoms with van der Waals surface area (Å²) in [5.74, 6) is -2.57. The number of amides is 2. The van der Waals surface area contributed by atoms with Gasteiger partial charge in [0, 0.05) is 13.1 Å². The number of ketones is 1. The second kappa shape index (κ2) is 7.56. The molecule has 20 heavy (non-hydrogen) atoms. The Labute approximate surface area is 115 Å². The van der Waals surface area contributed by atoms with Crippen LogP contribution in [-0.4, -0.2) is 60.4 Å². The minimum Gasteiger partial charge on any atom is -0.480 e. The number of nitrogens with one attached hydrogen (secondary N) is 3. The maximum atomic E-state index is 11.6. The average Bonchev–Trinajstić information content (AvgIpc) is 2.38. The van der Waals surface area contributed by atoms with Crippen molar-refractivity contribution in [1.82, 2.24) is 16.0 Å². The Morgan fingerprint density at radius 1 is 1.20 bits per heavy atom. The van der Waals surface area contributed by atoms with Crippen LogP contribution < -0.4 is 21.7 Å². The van der Waals surface area contributed by atoms with E-state index in [1.54, 1.807) is 0 Å². The van der Waals surface area contributed by atoms with Crippen LogP contribution in [0.5, 0.6) is 0 Å². The highest BCUT2D eigenvalue weighted by Gasteiger charge is 2.22. The summed E-state index contributed by atoms with van der Waals surface area (Å²) < 4.78 is 0. The minimum atomic E-state index is -1.12. The summed E-state index contributed by atoms with van der Waals surface area (Å²) in [6.45, 7) is -0.206. The number of nitrogens with two attached hydrogens (primary N) is 1. The highest BCUT2D eigenvalue weighted by atomic mass is 16.4. The van der Waals surface area contributed by atoms with E-state index in [1.807, 2.05) is 0 Å². The van der Waals surface area contributed by atoms with E-state index in [2.05, 4.69) is 16.0 Å². The summed E-state index contributed by atoms with van der Waals surface area (Å²) in [6.07, 6.45) is -0.280. The molecule has 0 saturated carbocycles. The van der Waals surface area contributed by atoms with Gasteiger partial charge in [-0.25, -0.2) is 0 Å². The third-order valence-corrected chi connectivity index (χ3v) is 2.83. The minimum absolute atomic E-state index is 0.0929. The summed E-state index contributed by atoms with van der Waals surface area (Å²) in [4.78, 5) is 45.4. The lowest BCUT2D eigenvalue weighted by molar-refractivity contribution is -0.140. The third kappa shape index (κ3) is 5.33. The van der Waals surface area contributed by atoms with E-state index in [0.717, 1.165) is 0 Å². The lowest BCUT2D eigenvalue weighted by Crippen LogP contribution is -2.48. The van der Waals surface area contributed by atoms with Crippen molar-refractivity contribution in [2.45, 2.75) is 24.9 Å². The highest BCUT2D eigenvalue weighted by Crippen LogP contribution is 1.94. The first-order valence-electron chi connectivity index (χ1n) is 6.18. The molecule has 0 radical (unpaired) electrons. The quantitative estimate of drug-likeness (QED) is 0.321. The first-order valence-corrected chi connectivity index (χ1v) is 6.18. The van der Waals surface area contributed by atoms with Crippen LogP contribution in [0.15, 0.2) is 0 Å². The van der Waals surface area contributed by atoms with Gasteiger partial charge in [-0.1, -0.05) is 0 Å². The summed E-state index contributed by atoms with van der Waals surface area (Å²) >= 11 is 0. The zero-order valence-electron chi connectivity index (χ0n) is 10.8. The van der Waals surface area contributed by atoms with Crippen LogP contribution in [0.4, 0.5) is 0 Å². The van der Waals surface area contributed by atoms with E-state index in [0.29, 0.717) is 0 Å². The van der Waals surface area contributed by atoms with Crippen molar-refractivity contribution >= 4 is 23.6 Å². The summed E-state index contributed by atoms with van der Waals surface area (Å²) in [5, 5.41) is 16.4. The van der Waals surface area contributed by atoms with Gasteiger partial charge >= 0.3 is 5.97 Å². The highest BCUT2D eigenvalue weighted by molar-refractivity contribution is 5.97. The monoisotopic (exact) mass is 286 g/mol. The van der Waals surface area contributed by atoms with Crippen molar-refractivity contribution in [3.8, 4) is 0 Å². The Bertz CT molecular complexity index is 412. The topological polar surface area (TPSA) is 151 Å². The van der Waals surface area contributed by atoms with Crippen LogP contribution in [0, 0.1) is 0 Å². The molecule has 0 aromatic carbocycles. The van der Waals surface area contributed by atoms with Crippen LogP contribution in [0.25, 0.3) is 0 Å². The largest absolute Gasteiger partial charge is 0.480 e. The van der Waals surface area contributed by atoms with E-state index in [1.165, 1.54) is 0 Å². The van der Waals surface area contributed by atoms with Gasteiger partial charge in [-0.05, 0) is 6.42 Å². The van der Waals surface area contributed by atoms with Crippen molar-refractivity contribution < 1.29 is 24.3 Å². The van der Waals surface area contributed by atoms with Gasteiger partial charge in [0.05, 0.1) is 12.6 Å². The lowest BCUT2D eigenvalue weighted by atomic mass is 10.1. The molecule has 1 saturated heterocycles. The van der Waals surface area contributed by atoms with Crippen molar-refractivity contribution in [2.75, 3.05) is 19.6 Å². The Balaban J connectivity index is 2.70. The molecule has 6 N–H and O–H groups in total. The molecular formula is C11H18N4O5. The number of Topliss-reactive ketones (excluding diaryl/α,β-unsaturated/α-hetero) is 1. The SMILES string of the molecule is NC1CNC(=O)CC(=O)NCCC(C(=O)O)NCC1=O. The van der Waals surface area contributed by atoms with Crippen LogP contribution >= 0.6 is 0 Å². The maximum Gasteiger partial charge on any atom is 0.320 e. The normalized spacial score (nSPS) is 26.6. The number of aliphatic carboxylic acids is 1. The average molecular weight is 286 g/mol. The van der Waals surface area contributed by atoms with Gasteiger partial charge in [0.1, 0.15) is 12.5 Å². The number of carbonyl (C=O) groups is 4. The summed E-state index contributed by atoms with van der Waals surface area (Å²) in [7, 11) is 0. The van der Waals surface area contributed by atoms with Crippen LogP contribution in [0.2, 0.25) is 0 Å². The zero-order valence-corrected chi connectivity index (χ0v) is 10.8. The van der Waals surface area contributed by atoms with Gasteiger partial charge in [0.15, 0.2) is 5.78 Å². The van der Waals surface area contributed by atoms with Crippen molar-refractivity contribution in [1.29, 1.82) is 0 Å². The molecule has 1 rings (SSSR count). The molecule has 1 aliphatic heterocycles. The second-order valence-electron chi connectivity index (χ2n) is 4.46. The molecule has 0 bridgehead atoms. The number of rotatable bonds is 1. The Kier molecular flexibility index (Phi) is 6.07. The predicted octanol–water partition coefficient (Wildman–Crippen LogP) is -3.05. The molecule has 112 valence electrons. The van der Waals surface area contributed by atoms with Gasteiger partial charge < -0.3 is 21.5 Å². The molecule has 0 spiro atoms. The molecule has 0 aromatic heterocycles. The van der Waals surface area contributed by atoms with Gasteiger partial charge in [-0.2, -0.15) is 0 Å². The van der Waals surface area contributed by atoms with Gasteiger partial charge in [0.25, 0.3) is 0 Å². The molecule has 1 heterocycles. The number of hydrogen-bond donors (Lipinski definition) is 5. The maximum absolute atomic E-state index is 11.6. The van der Waals surface area contributed by atoms with E-state index < -0.39 is 35.7 Å². The van der Waals surface area contributed by atoms with E-state index >= 15 is 0 Å². The molecule has 2 atom stereocenters. The molecule has 0 aromatic rings. The van der Waals surface area contributed by atoms with Crippen LogP contribution in [-0.2, 0) is 19.2 Å². The number of carboxylic acid groups (broad SMARTS) is 1. The van der Waals surface area contributed by atoms with Gasteiger partial charge in [0.2, 0.25) is 11.8 Å². The molecular weight excluding hydrogens is 268 g/mol. The van der Waals surface area contributed by atoms with E-state index in [9.17, 15) is 19.2 Å². The first kappa shape index (κ1) is 16.1. The Hall–Kier alpha value is -2.00. The molecule has 1 aliphatic rings. The molecule has 2 unspecified atom stereocenters. The third-order valence-electron chi connectivity index (χ3n) is 2.83. The van der Waals surface area contributed by atoms with E-state index in [-0.39, 0.29) is 32.5 Å². The number of carboxylic acids is 1. The van der Waals surface area contributed by atoms with E-state index in [4.69, 9.17) is 10.8 Å². The predicted molar refractivity (Wildman–Crippen MR) is 67.7 cm³/mol. The molecule has 1 fully saturated rings. The standard InChI is InChI=1S/C11H18N4O5/c12-6-4-15-10(18)3-9(17)13-2-1-7(11(19)20)14-5-8(6)16/h6-7,14H,1-5,12H2,(H,13,17)(H,15,18)(H,19,20). The zero-order chi connectivity index (χ0) is 15.1. The van der Waals surface area contributed by atoms with Crippen LogP contribution in [0.1, 0.15) is 12.8 Å². The molecule has 2 amide bonds. The fourth-order valence-electron chi connectivity index (χ4n) is 1.63. The number of carbonyl (C=O) groups excluding carboxylic acids is 3. The smallest absolute Gasteiger partial charge is 0.320 e. The fraction of sp³-hybridized carbons (Fsp3) is 0.636. The van der Waals surface area contributed by atoms with Crippen molar-refractivity contribution in [3.05, 3.63) is 0 Å². The Morgan fingerprint density at radius 2 is 1.85 bits per heavy atom.